The molecule has 0 bridgehead atoms. The van der Waals surface area contributed by atoms with E-state index < -0.39 is 0 Å². The molecule has 1 heterocycles. The van der Waals surface area contributed by atoms with Crippen molar-refractivity contribution in [3.63, 3.8) is 0 Å². The minimum atomic E-state index is -0.141. The summed E-state index contributed by atoms with van der Waals surface area (Å²) in [6.45, 7) is 3.61. The third-order valence-corrected chi connectivity index (χ3v) is 1.64. The Hall–Kier alpha value is 0.0500. The van der Waals surface area contributed by atoms with Crippen LogP contribution in [0.2, 0.25) is 0 Å². The average molecular weight is 102 g/mol. The van der Waals surface area contributed by atoms with Gasteiger partial charge in [0.1, 0.15) is 5.44 Å². The van der Waals surface area contributed by atoms with Crippen LogP contribution in [0.25, 0.3) is 0 Å². The molecular formula is C4H6OS. The van der Waals surface area contributed by atoms with Crippen molar-refractivity contribution >= 4 is 11.8 Å². The Bertz CT molecular complexity index is 71.6. The fraction of sp³-hybridized carbons (Fsp3) is 0.500. The Balaban J connectivity index is 2.28. The molecule has 0 spiro atoms. The van der Waals surface area contributed by atoms with E-state index in [9.17, 15) is 0 Å². The first-order valence-electron chi connectivity index (χ1n) is 1.81. The van der Waals surface area contributed by atoms with Crippen molar-refractivity contribution in [3.8, 4) is 0 Å². The van der Waals surface area contributed by atoms with Crippen LogP contribution in [0.5, 0.6) is 0 Å². The van der Waals surface area contributed by atoms with E-state index in [-0.39, 0.29) is 5.44 Å². The van der Waals surface area contributed by atoms with E-state index in [1.165, 1.54) is 11.8 Å². The first kappa shape index (κ1) is 4.22. The number of thioether (sulfide) groups is 1. The Morgan fingerprint density at radius 3 is 2.50 bits per heavy atom. The molecule has 0 saturated carbocycles. The minimum absolute atomic E-state index is 0.141. The average Bonchev–Trinajstić information content (AvgIpc) is 1.33. The maximum Gasteiger partial charge on any atom is 0.108 e. The second-order valence-electron chi connectivity index (χ2n) is 1.32. The highest BCUT2D eigenvalue weighted by Crippen LogP contribution is 2.36. The minimum Gasteiger partial charge on any atom is -0.382 e. The van der Waals surface area contributed by atoms with E-state index in [4.69, 9.17) is 5.11 Å². The largest absolute Gasteiger partial charge is 0.382 e. The number of rotatable bonds is 0. The molecule has 0 aromatic carbocycles. The van der Waals surface area contributed by atoms with Crippen LogP contribution in [-0.2, 0) is 0 Å². The van der Waals surface area contributed by atoms with Gasteiger partial charge in [-0.2, -0.15) is 0 Å². The number of hydrogen-bond acceptors (Lipinski definition) is 2. The predicted octanol–water partition coefficient (Wildman–Crippen LogP) is 0.955. The van der Waals surface area contributed by atoms with Crippen molar-refractivity contribution in [3.05, 3.63) is 11.5 Å². The van der Waals surface area contributed by atoms with E-state index in [2.05, 4.69) is 6.58 Å². The summed E-state index contributed by atoms with van der Waals surface area (Å²) in [7, 11) is 0. The summed E-state index contributed by atoms with van der Waals surface area (Å²) < 4.78 is 0. The molecule has 0 amide bonds. The monoisotopic (exact) mass is 102 g/mol. The van der Waals surface area contributed by atoms with Gasteiger partial charge in [0, 0.05) is 6.42 Å². The van der Waals surface area contributed by atoms with Crippen molar-refractivity contribution in [2.45, 2.75) is 11.9 Å². The van der Waals surface area contributed by atoms with Gasteiger partial charge in [0.25, 0.3) is 0 Å². The number of hydrogen-bond donors (Lipinski definition) is 1. The molecule has 2 heteroatoms. The zero-order chi connectivity index (χ0) is 4.57. The van der Waals surface area contributed by atoms with Gasteiger partial charge < -0.3 is 5.11 Å². The van der Waals surface area contributed by atoms with Crippen molar-refractivity contribution in [1.82, 2.24) is 0 Å². The Labute approximate surface area is 41.1 Å². The lowest BCUT2D eigenvalue weighted by Crippen LogP contribution is -2.10. The molecule has 1 saturated heterocycles. The fourth-order valence-electron chi connectivity index (χ4n) is 0.378. The summed E-state index contributed by atoms with van der Waals surface area (Å²) in [6.07, 6.45) is 0.796. The maximum atomic E-state index is 8.52. The molecule has 1 N–H and O–H groups in total. The molecule has 1 aliphatic heterocycles. The maximum absolute atomic E-state index is 8.52. The smallest absolute Gasteiger partial charge is 0.108 e. The fourth-order valence-corrected chi connectivity index (χ4v) is 1.00. The van der Waals surface area contributed by atoms with Gasteiger partial charge in [-0.25, -0.2) is 0 Å². The topological polar surface area (TPSA) is 20.2 Å². The summed E-state index contributed by atoms with van der Waals surface area (Å²) in [5.41, 5.74) is -0.141. The van der Waals surface area contributed by atoms with Gasteiger partial charge in [0.05, 0.1) is 0 Å². The summed E-state index contributed by atoms with van der Waals surface area (Å²) in [6, 6.07) is 0. The van der Waals surface area contributed by atoms with Gasteiger partial charge in [0.15, 0.2) is 0 Å². The third-order valence-electron chi connectivity index (χ3n) is 0.705. The molecular weight excluding hydrogens is 96.1 g/mol. The van der Waals surface area contributed by atoms with E-state index >= 15 is 0 Å². The SMILES string of the molecule is C=C1CC(O)S1. The highest BCUT2D eigenvalue weighted by Gasteiger charge is 2.17. The van der Waals surface area contributed by atoms with Crippen molar-refractivity contribution < 1.29 is 5.11 Å². The van der Waals surface area contributed by atoms with Crippen molar-refractivity contribution in [1.29, 1.82) is 0 Å². The van der Waals surface area contributed by atoms with Gasteiger partial charge in [0.2, 0.25) is 0 Å². The van der Waals surface area contributed by atoms with Gasteiger partial charge in [-0.3, -0.25) is 0 Å². The number of aliphatic hydroxyl groups is 1. The zero-order valence-electron chi connectivity index (χ0n) is 3.35. The van der Waals surface area contributed by atoms with Crippen LogP contribution in [0, 0.1) is 0 Å². The van der Waals surface area contributed by atoms with Crippen molar-refractivity contribution in [2.24, 2.45) is 0 Å². The van der Waals surface area contributed by atoms with E-state index in [1.807, 2.05) is 0 Å². The molecule has 0 radical (unpaired) electrons. The van der Waals surface area contributed by atoms with E-state index in [0.29, 0.717) is 0 Å². The van der Waals surface area contributed by atoms with Gasteiger partial charge >= 0.3 is 0 Å². The summed E-state index contributed by atoms with van der Waals surface area (Å²) in [4.78, 5) is 1.10. The molecule has 0 aromatic heterocycles. The summed E-state index contributed by atoms with van der Waals surface area (Å²) in [5, 5.41) is 8.52. The zero-order valence-corrected chi connectivity index (χ0v) is 4.16. The molecule has 0 aliphatic carbocycles. The van der Waals surface area contributed by atoms with Gasteiger partial charge in [-0.1, -0.05) is 18.3 Å². The Morgan fingerprint density at radius 2 is 2.50 bits per heavy atom. The highest BCUT2D eigenvalue weighted by atomic mass is 32.2. The van der Waals surface area contributed by atoms with Gasteiger partial charge in [-0.05, 0) is 4.91 Å². The molecule has 34 valence electrons. The molecule has 1 fully saturated rings. The lowest BCUT2D eigenvalue weighted by atomic mass is 10.4. The van der Waals surface area contributed by atoms with Crippen LogP contribution in [0.3, 0.4) is 0 Å². The van der Waals surface area contributed by atoms with Crippen LogP contribution >= 0.6 is 11.8 Å². The standard InChI is InChI=1S/C4H6OS/c1-3-2-4(5)6-3/h4-5H,1-2H2. The predicted molar refractivity (Wildman–Crippen MR) is 27.4 cm³/mol. The molecule has 1 aliphatic rings. The van der Waals surface area contributed by atoms with Gasteiger partial charge in [-0.15, -0.1) is 0 Å². The molecule has 1 atom stereocenters. The lowest BCUT2D eigenvalue weighted by molar-refractivity contribution is 0.256. The van der Waals surface area contributed by atoms with E-state index in [0.717, 1.165) is 11.3 Å². The number of aliphatic hydroxyl groups excluding tert-OH is 1. The Morgan fingerprint density at radius 1 is 2.00 bits per heavy atom. The normalized spacial score (nSPS) is 32.8. The van der Waals surface area contributed by atoms with Crippen LogP contribution in [-0.4, -0.2) is 10.5 Å². The Kier molecular flexibility index (Phi) is 0.898. The quantitative estimate of drug-likeness (QED) is 0.491. The van der Waals surface area contributed by atoms with E-state index in [1.54, 1.807) is 0 Å². The molecule has 1 nitrogen and oxygen atoms in total. The highest BCUT2D eigenvalue weighted by molar-refractivity contribution is 8.05. The molecule has 6 heavy (non-hydrogen) atoms. The van der Waals surface area contributed by atoms with Crippen LogP contribution < -0.4 is 0 Å². The lowest BCUT2D eigenvalue weighted by Gasteiger charge is -2.20. The third kappa shape index (κ3) is 0.581. The molecule has 1 rings (SSSR count). The van der Waals surface area contributed by atoms with Crippen LogP contribution in [0.1, 0.15) is 6.42 Å². The first-order valence-corrected chi connectivity index (χ1v) is 2.69. The molecule has 0 aromatic rings. The van der Waals surface area contributed by atoms with Crippen LogP contribution in [0.15, 0.2) is 11.5 Å². The first-order chi connectivity index (χ1) is 2.79. The summed E-state index contributed by atoms with van der Waals surface area (Å²) >= 11 is 1.44. The van der Waals surface area contributed by atoms with Crippen LogP contribution in [0.4, 0.5) is 0 Å². The summed E-state index contributed by atoms with van der Waals surface area (Å²) in [5.74, 6) is 0. The van der Waals surface area contributed by atoms with Crippen molar-refractivity contribution in [2.75, 3.05) is 0 Å². The second kappa shape index (κ2) is 1.28. The second-order valence-corrected chi connectivity index (χ2v) is 2.67. The molecule has 1 unspecified atom stereocenters.